The smallest absolute Gasteiger partial charge is 0.176 e. The van der Waals surface area contributed by atoms with Gasteiger partial charge in [-0.3, -0.25) is 0 Å². The van der Waals surface area contributed by atoms with Crippen molar-refractivity contribution in [1.82, 2.24) is 9.97 Å². The summed E-state index contributed by atoms with van der Waals surface area (Å²) in [4.78, 5) is 7.20. The average Bonchev–Trinajstić information content (AvgIpc) is 2.51. The molecule has 12 heavy (non-hydrogen) atoms. The molecule has 68 valence electrons. The minimum atomic E-state index is 0.667. The van der Waals surface area contributed by atoms with Crippen molar-refractivity contribution in [2.45, 2.75) is 31.2 Å². The molecule has 1 aromatic rings. The molecule has 1 heterocycles. The van der Waals surface area contributed by atoms with Crippen molar-refractivity contribution < 1.29 is 0 Å². The molecule has 1 aromatic heterocycles. The van der Waals surface area contributed by atoms with E-state index in [1.165, 1.54) is 0 Å². The Hall–Kier alpha value is -0.0900. The van der Waals surface area contributed by atoms with Crippen LogP contribution in [-0.4, -0.2) is 15.2 Å². The number of rotatable bonds is 4. The Labute approximate surface area is 81.3 Å². The molecule has 0 bridgehead atoms. The molecule has 0 saturated heterocycles. The highest BCUT2D eigenvalue weighted by Gasteiger charge is 2.08. The van der Waals surface area contributed by atoms with Gasteiger partial charge in [0.15, 0.2) is 5.16 Å². The molecular formula is C8H14N2S2. The quantitative estimate of drug-likeness (QED) is 0.760. The molecule has 2 nitrogen and oxygen atoms in total. The Balaban J connectivity index is 2.27. The lowest BCUT2D eigenvalue weighted by Crippen LogP contribution is -2.03. The molecule has 0 saturated carbocycles. The topological polar surface area (TPSA) is 28.7 Å². The number of imidazole rings is 1. The van der Waals surface area contributed by atoms with Crippen molar-refractivity contribution in [3.63, 3.8) is 0 Å². The molecule has 0 aliphatic heterocycles. The second-order valence-corrected chi connectivity index (χ2v) is 5.59. The van der Waals surface area contributed by atoms with Crippen LogP contribution in [0.1, 0.15) is 20.8 Å². The number of hydrogen-bond acceptors (Lipinski definition) is 3. The Morgan fingerprint density at radius 3 is 2.67 bits per heavy atom. The third kappa shape index (κ3) is 3.11. The Kier molecular flexibility index (Phi) is 4.01. The summed E-state index contributed by atoms with van der Waals surface area (Å²) in [7, 11) is 3.58. The van der Waals surface area contributed by atoms with Crippen LogP contribution in [-0.2, 0) is 0 Å². The van der Waals surface area contributed by atoms with Crippen LogP contribution in [0.4, 0.5) is 0 Å². The summed E-state index contributed by atoms with van der Waals surface area (Å²) in [6.07, 6.45) is 3.63. The predicted molar refractivity (Wildman–Crippen MR) is 56.3 cm³/mol. The highest BCUT2D eigenvalue weighted by molar-refractivity contribution is 8.76. The number of H-pyrrole nitrogens is 1. The van der Waals surface area contributed by atoms with Crippen molar-refractivity contribution in [3.8, 4) is 0 Å². The predicted octanol–water partition coefficient (Wildman–Crippen LogP) is 3.19. The molecule has 1 unspecified atom stereocenters. The normalized spacial score (nSPS) is 13.7. The van der Waals surface area contributed by atoms with E-state index in [0.29, 0.717) is 5.25 Å². The van der Waals surface area contributed by atoms with E-state index in [-0.39, 0.29) is 0 Å². The first-order valence-corrected chi connectivity index (χ1v) is 6.24. The summed E-state index contributed by atoms with van der Waals surface area (Å²) in [6.45, 7) is 6.71. The fraction of sp³-hybridized carbons (Fsp3) is 0.625. The van der Waals surface area contributed by atoms with Gasteiger partial charge in [-0.1, -0.05) is 31.6 Å². The minimum Gasteiger partial charge on any atom is -0.339 e. The number of hydrogen-bond donors (Lipinski definition) is 1. The van der Waals surface area contributed by atoms with Gasteiger partial charge < -0.3 is 4.98 Å². The van der Waals surface area contributed by atoms with Gasteiger partial charge in [0.05, 0.1) is 0 Å². The molecular weight excluding hydrogens is 188 g/mol. The zero-order valence-corrected chi connectivity index (χ0v) is 9.21. The molecule has 0 fully saturated rings. The van der Waals surface area contributed by atoms with E-state index in [1.807, 2.05) is 17.0 Å². The van der Waals surface area contributed by atoms with Crippen LogP contribution in [0.25, 0.3) is 0 Å². The van der Waals surface area contributed by atoms with Crippen LogP contribution < -0.4 is 0 Å². The molecule has 1 N–H and O–H groups in total. The summed E-state index contributed by atoms with van der Waals surface area (Å²) >= 11 is 0. The Morgan fingerprint density at radius 2 is 2.17 bits per heavy atom. The first kappa shape index (κ1) is 9.99. The van der Waals surface area contributed by atoms with Gasteiger partial charge in [-0.15, -0.1) is 0 Å². The van der Waals surface area contributed by atoms with Gasteiger partial charge >= 0.3 is 0 Å². The second kappa shape index (κ2) is 4.82. The van der Waals surface area contributed by atoms with Crippen LogP contribution in [0.15, 0.2) is 17.6 Å². The zero-order valence-electron chi connectivity index (χ0n) is 7.57. The van der Waals surface area contributed by atoms with Gasteiger partial charge in [-0.25, -0.2) is 4.98 Å². The van der Waals surface area contributed by atoms with E-state index in [9.17, 15) is 0 Å². The molecule has 0 radical (unpaired) electrons. The molecule has 0 aliphatic rings. The highest BCUT2D eigenvalue weighted by Crippen LogP contribution is 2.34. The lowest BCUT2D eigenvalue weighted by atomic mass is 10.2. The average molecular weight is 202 g/mol. The number of aromatic amines is 1. The van der Waals surface area contributed by atoms with E-state index >= 15 is 0 Å². The Morgan fingerprint density at radius 1 is 1.42 bits per heavy atom. The summed E-state index contributed by atoms with van der Waals surface area (Å²) in [5, 5.41) is 1.66. The van der Waals surface area contributed by atoms with Gasteiger partial charge in [0.2, 0.25) is 0 Å². The number of aromatic nitrogens is 2. The monoisotopic (exact) mass is 202 g/mol. The molecule has 4 heteroatoms. The standard InChI is InChI=1S/C8H14N2S2/c1-6(2)7(3)11-12-8-9-4-5-10-8/h4-7H,1-3H3,(H,9,10). The molecule has 0 aromatic carbocycles. The maximum Gasteiger partial charge on any atom is 0.176 e. The maximum atomic E-state index is 4.13. The Bertz CT molecular complexity index is 209. The third-order valence-electron chi connectivity index (χ3n) is 1.69. The van der Waals surface area contributed by atoms with Crippen molar-refractivity contribution >= 4 is 21.6 Å². The molecule has 0 aliphatic carbocycles. The van der Waals surface area contributed by atoms with Gasteiger partial charge in [-0.2, -0.15) is 0 Å². The largest absolute Gasteiger partial charge is 0.339 e. The van der Waals surface area contributed by atoms with E-state index in [4.69, 9.17) is 0 Å². The summed E-state index contributed by atoms with van der Waals surface area (Å²) in [6, 6.07) is 0. The lowest BCUT2D eigenvalue weighted by Gasteiger charge is -2.12. The van der Waals surface area contributed by atoms with Gasteiger partial charge in [0, 0.05) is 17.6 Å². The third-order valence-corrected chi connectivity index (χ3v) is 4.69. The van der Waals surface area contributed by atoms with E-state index in [2.05, 4.69) is 30.7 Å². The van der Waals surface area contributed by atoms with Crippen molar-refractivity contribution in [3.05, 3.63) is 12.4 Å². The van der Waals surface area contributed by atoms with Crippen LogP contribution in [0, 0.1) is 5.92 Å². The molecule has 0 amide bonds. The number of nitrogens with zero attached hydrogens (tertiary/aromatic N) is 1. The fourth-order valence-electron chi connectivity index (χ4n) is 0.529. The number of nitrogens with one attached hydrogen (secondary N) is 1. The fourth-order valence-corrected chi connectivity index (χ4v) is 2.88. The second-order valence-electron chi connectivity index (χ2n) is 3.02. The van der Waals surface area contributed by atoms with E-state index in [1.54, 1.807) is 17.0 Å². The summed E-state index contributed by atoms with van der Waals surface area (Å²) in [5.41, 5.74) is 0. The van der Waals surface area contributed by atoms with Gasteiger partial charge in [-0.05, 0) is 16.7 Å². The highest BCUT2D eigenvalue weighted by atomic mass is 33.1. The van der Waals surface area contributed by atoms with Crippen LogP contribution >= 0.6 is 21.6 Å². The van der Waals surface area contributed by atoms with Gasteiger partial charge in [0.25, 0.3) is 0 Å². The lowest BCUT2D eigenvalue weighted by molar-refractivity contribution is 0.645. The maximum absolute atomic E-state index is 4.13. The molecule has 1 atom stereocenters. The van der Waals surface area contributed by atoms with Crippen LogP contribution in [0.5, 0.6) is 0 Å². The van der Waals surface area contributed by atoms with Gasteiger partial charge in [0.1, 0.15) is 0 Å². The summed E-state index contributed by atoms with van der Waals surface area (Å²) in [5.74, 6) is 0.720. The van der Waals surface area contributed by atoms with Crippen molar-refractivity contribution in [2.24, 2.45) is 5.92 Å². The minimum absolute atomic E-state index is 0.667. The first-order chi connectivity index (χ1) is 5.70. The van der Waals surface area contributed by atoms with Crippen LogP contribution in [0.3, 0.4) is 0 Å². The van der Waals surface area contributed by atoms with Crippen LogP contribution in [0.2, 0.25) is 0 Å². The SMILES string of the molecule is CC(C)C(C)SSc1ncc[nH]1. The summed E-state index contributed by atoms with van der Waals surface area (Å²) < 4.78 is 0. The molecule has 1 rings (SSSR count). The van der Waals surface area contributed by atoms with Crippen molar-refractivity contribution in [2.75, 3.05) is 0 Å². The van der Waals surface area contributed by atoms with E-state index in [0.717, 1.165) is 11.1 Å². The zero-order chi connectivity index (χ0) is 8.97. The first-order valence-electron chi connectivity index (χ1n) is 4.03. The van der Waals surface area contributed by atoms with Crippen molar-refractivity contribution in [1.29, 1.82) is 0 Å². The molecule has 0 spiro atoms. The van der Waals surface area contributed by atoms with E-state index < -0.39 is 0 Å².